The van der Waals surface area contributed by atoms with E-state index in [2.05, 4.69) is 12.2 Å². The molecule has 0 aromatic heterocycles. The number of hydrogen-bond donors (Lipinski definition) is 1. The van der Waals surface area contributed by atoms with Crippen LogP contribution in [0.15, 0.2) is 54.6 Å². The lowest BCUT2D eigenvalue weighted by atomic mass is 10.1. The van der Waals surface area contributed by atoms with Gasteiger partial charge in [0.25, 0.3) is 0 Å². The Morgan fingerprint density at radius 2 is 1.72 bits per heavy atom. The first kappa shape index (κ1) is 23.0. The predicted octanol–water partition coefficient (Wildman–Crippen LogP) is 4.65. The lowest BCUT2D eigenvalue weighted by molar-refractivity contribution is -0.140. The van der Waals surface area contributed by atoms with Crippen LogP contribution >= 0.6 is 11.6 Å². The maximum Gasteiger partial charge on any atom is 0.242 e. The third kappa shape index (κ3) is 7.21. The van der Waals surface area contributed by atoms with Gasteiger partial charge in [-0.15, -0.1) is 0 Å². The van der Waals surface area contributed by atoms with E-state index in [1.807, 2.05) is 55.5 Å². The maximum absolute atomic E-state index is 13.2. The highest BCUT2D eigenvalue weighted by Gasteiger charge is 2.28. The molecule has 0 aliphatic carbocycles. The molecule has 0 fully saturated rings. The summed E-state index contributed by atoms with van der Waals surface area (Å²) < 4.78 is 0. The van der Waals surface area contributed by atoms with Gasteiger partial charge in [0, 0.05) is 18.1 Å². The molecule has 2 amide bonds. The van der Waals surface area contributed by atoms with Crippen LogP contribution in [-0.4, -0.2) is 35.8 Å². The Hall–Kier alpha value is -2.33. The normalized spacial score (nSPS) is 11.7. The van der Waals surface area contributed by atoms with Crippen LogP contribution in [-0.2, 0) is 22.4 Å². The summed E-state index contributed by atoms with van der Waals surface area (Å²) >= 11 is 6.26. The fourth-order valence-corrected chi connectivity index (χ4v) is 3.51. The quantitative estimate of drug-likeness (QED) is 0.544. The van der Waals surface area contributed by atoms with Gasteiger partial charge in [0.15, 0.2) is 0 Å². The number of hydrogen-bond acceptors (Lipinski definition) is 2. The molecule has 156 valence electrons. The molecular weight excluding hydrogens is 384 g/mol. The molecule has 5 heteroatoms. The van der Waals surface area contributed by atoms with Gasteiger partial charge in [-0.3, -0.25) is 9.59 Å². The summed E-state index contributed by atoms with van der Waals surface area (Å²) in [5, 5.41) is 3.56. The lowest BCUT2D eigenvalue weighted by Crippen LogP contribution is -2.50. The van der Waals surface area contributed by atoms with E-state index in [-0.39, 0.29) is 18.2 Å². The fraction of sp³-hybridized carbons (Fsp3) is 0.417. The van der Waals surface area contributed by atoms with E-state index in [0.717, 1.165) is 24.0 Å². The highest BCUT2D eigenvalue weighted by atomic mass is 35.5. The van der Waals surface area contributed by atoms with E-state index in [1.165, 1.54) is 0 Å². The minimum atomic E-state index is -0.481. The summed E-state index contributed by atoms with van der Waals surface area (Å²) in [7, 11) is 0. The second-order valence-electron chi connectivity index (χ2n) is 7.16. The first-order chi connectivity index (χ1) is 14.1. The predicted molar refractivity (Wildman–Crippen MR) is 119 cm³/mol. The summed E-state index contributed by atoms with van der Waals surface area (Å²) in [6.07, 6.45) is 3.40. The minimum absolute atomic E-state index is 0.0773. The van der Waals surface area contributed by atoms with Crippen LogP contribution < -0.4 is 5.32 Å². The zero-order valence-corrected chi connectivity index (χ0v) is 18.1. The lowest BCUT2D eigenvalue weighted by Gasteiger charge is -2.31. The van der Waals surface area contributed by atoms with E-state index in [4.69, 9.17) is 11.6 Å². The molecule has 0 saturated heterocycles. The number of rotatable bonds is 11. The molecule has 0 spiro atoms. The smallest absolute Gasteiger partial charge is 0.242 e. The number of nitrogens with zero attached hydrogens (tertiary/aromatic N) is 1. The molecule has 0 aliphatic rings. The van der Waals surface area contributed by atoms with Gasteiger partial charge in [-0.2, -0.15) is 0 Å². The van der Waals surface area contributed by atoms with Crippen LogP contribution in [0.5, 0.6) is 0 Å². The average molecular weight is 415 g/mol. The third-order valence-corrected chi connectivity index (χ3v) is 5.37. The first-order valence-electron chi connectivity index (χ1n) is 10.4. The summed E-state index contributed by atoms with van der Waals surface area (Å²) in [6.45, 7) is 5.16. The Kier molecular flexibility index (Phi) is 9.72. The van der Waals surface area contributed by atoms with Gasteiger partial charge >= 0.3 is 0 Å². The number of unbranched alkanes of at least 4 members (excludes halogenated alkanes) is 1. The molecule has 0 heterocycles. The summed E-state index contributed by atoms with van der Waals surface area (Å²) in [6, 6.07) is 16.9. The number of nitrogens with one attached hydrogen (secondary N) is 1. The van der Waals surface area contributed by atoms with Crippen molar-refractivity contribution < 1.29 is 9.59 Å². The van der Waals surface area contributed by atoms with Crippen molar-refractivity contribution in [3.05, 3.63) is 70.7 Å². The zero-order chi connectivity index (χ0) is 21.1. The molecule has 4 nitrogen and oxygen atoms in total. The van der Waals surface area contributed by atoms with E-state index in [0.29, 0.717) is 31.0 Å². The van der Waals surface area contributed by atoms with Crippen molar-refractivity contribution in [2.45, 2.75) is 52.0 Å². The van der Waals surface area contributed by atoms with Crippen molar-refractivity contribution in [1.29, 1.82) is 0 Å². The van der Waals surface area contributed by atoms with Gasteiger partial charge in [-0.25, -0.2) is 0 Å². The number of carbonyl (C=O) groups is 2. The van der Waals surface area contributed by atoms with Crippen molar-refractivity contribution >= 4 is 23.4 Å². The topological polar surface area (TPSA) is 49.4 Å². The Morgan fingerprint density at radius 3 is 2.38 bits per heavy atom. The molecule has 1 atom stereocenters. The van der Waals surface area contributed by atoms with Crippen molar-refractivity contribution in [3.8, 4) is 0 Å². The molecule has 2 rings (SSSR count). The van der Waals surface area contributed by atoms with Crippen LogP contribution in [0.1, 0.15) is 44.2 Å². The molecule has 0 saturated carbocycles. The molecule has 29 heavy (non-hydrogen) atoms. The van der Waals surface area contributed by atoms with Crippen molar-refractivity contribution in [2.75, 3.05) is 13.1 Å². The Bertz CT molecular complexity index is 779. The van der Waals surface area contributed by atoms with E-state index < -0.39 is 6.04 Å². The van der Waals surface area contributed by atoms with Gasteiger partial charge < -0.3 is 10.2 Å². The number of carbonyl (C=O) groups excluding carboxylic acids is 2. The van der Waals surface area contributed by atoms with Crippen molar-refractivity contribution in [3.63, 3.8) is 0 Å². The van der Waals surface area contributed by atoms with Crippen molar-refractivity contribution in [1.82, 2.24) is 10.2 Å². The van der Waals surface area contributed by atoms with Crippen LogP contribution in [0.4, 0.5) is 0 Å². The van der Waals surface area contributed by atoms with Crippen LogP contribution in [0.25, 0.3) is 0 Å². The summed E-state index contributed by atoms with van der Waals surface area (Å²) in [5.41, 5.74) is 1.93. The second kappa shape index (κ2) is 12.3. The molecular formula is C24H31ClN2O2. The second-order valence-corrected chi connectivity index (χ2v) is 7.57. The highest BCUT2D eigenvalue weighted by Crippen LogP contribution is 2.18. The summed E-state index contributed by atoms with van der Waals surface area (Å²) in [4.78, 5) is 27.7. The molecule has 0 aliphatic heterocycles. The van der Waals surface area contributed by atoms with E-state index in [1.54, 1.807) is 11.0 Å². The van der Waals surface area contributed by atoms with Gasteiger partial charge in [-0.1, -0.05) is 80.4 Å². The molecule has 1 N–H and O–H groups in total. The van der Waals surface area contributed by atoms with Crippen LogP contribution in [0, 0.1) is 0 Å². The number of amides is 2. The minimum Gasteiger partial charge on any atom is -0.354 e. The standard InChI is InChI=1S/C24H31ClN2O2/c1-3-5-16-26-24(29)22(4-2)27(17-15-19-11-7-6-8-12-19)23(28)18-20-13-9-10-14-21(20)25/h6-14,22H,3-5,15-18H2,1-2H3,(H,26,29). The van der Waals surface area contributed by atoms with E-state index >= 15 is 0 Å². The number of halogens is 1. The Morgan fingerprint density at radius 1 is 1.03 bits per heavy atom. The third-order valence-electron chi connectivity index (χ3n) is 5.00. The van der Waals surface area contributed by atoms with Crippen LogP contribution in [0.3, 0.4) is 0 Å². The molecule has 2 aromatic carbocycles. The Labute approximate surface area is 179 Å². The van der Waals surface area contributed by atoms with Gasteiger partial charge in [0.05, 0.1) is 6.42 Å². The SMILES string of the molecule is CCCCNC(=O)C(CC)N(CCc1ccccc1)C(=O)Cc1ccccc1Cl. The van der Waals surface area contributed by atoms with Crippen molar-refractivity contribution in [2.24, 2.45) is 0 Å². The highest BCUT2D eigenvalue weighted by molar-refractivity contribution is 6.31. The number of benzene rings is 2. The van der Waals surface area contributed by atoms with E-state index in [9.17, 15) is 9.59 Å². The summed E-state index contributed by atoms with van der Waals surface area (Å²) in [5.74, 6) is -0.159. The average Bonchev–Trinajstić information content (AvgIpc) is 2.73. The molecule has 0 bridgehead atoms. The fourth-order valence-electron chi connectivity index (χ4n) is 3.31. The molecule has 2 aromatic rings. The van der Waals surface area contributed by atoms with Gasteiger partial charge in [0.2, 0.25) is 11.8 Å². The largest absolute Gasteiger partial charge is 0.354 e. The molecule has 0 radical (unpaired) electrons. The molecule has 1 unspecified atom stereocenters. The first-order valence-corrected chi connectivity index (χ1v) is 10.8. The van der Waals surface area contributed by atoms with Gasteiger partial charge in [0.1, 0.15) is 6.04 Å². The zero-order valence-electron chi connectivity index (χ0n) is 17.4. The maximum atomic E-state index is 13.2. The van der Waals surface area contributed by atoms with Crippen LogP contribution in [0.2, 0.25) is 5.02 Å². The monoisotopic (exact) mass is 414 g/mol. The Balaban J connectivity index is 2.17. The van der Waals surface area contributed by atoms with Gasteiger partial charge in [-0.05, 0) is 36.5 Å².